The van der Waals surface area contributed by atoms with Crippen molar-refractivity contribution in [3.05, 3.63) is 0 Å². The summed E-state index contributed by atoms with van der Waals surface area (Å²) < 4.78 is 29.2. The zero-order chi connectivity index (χ0) is 3.58. The van der Waals surface area contributed by atoms with Crippen molar-refractivity contribution in [3.8, 4) is 0 Å². The Morgan fingerprint density at radius 1 is 1.00 bits per heavy atom. The molecule has 0 unspecified atom stereocenters. The Morgan fingerprint density at radius 3 is 1.00 bits per heavy atom. The van der Waals surface area contributed by atoms with Crippen molar-refractivity contribution >= 4 is 8.85 Å². The second-order valence-electron chi connectivity index (χ2n) is 0.192. The Hall–Kier alpha value is 0.669. The van der Waals surface area contributed by atoms with E-state index in [-0.39, 0.29) is 21.8 Å². The minimum atomic E-state index is -4.12. The molecule has 0 rings (SSSR count). The molecule has 0 aromatic rings. The molecule has 0 aliphatic heterocycles. The minimum absolute atomic E-state index is 0. The summed E-state index contributed by atoms with van der Waals surface area (Å²) in [6.45, 7) is 0. The van der Waals surface area contributed by atoms with E-state index in [9.17, 15) is 12.6 Å². The normalized spacial score (nSPS) is 6.00. The monoisotopic (exact) mass is 171 g/mol. The van der Waals surface area contributed by atoms with E-state index in [0.29, 0.717) is 0 Å². The van der Waals surface area contributed by atoms with Crippen LogP contribution in [0, 0.1) is 0 Å². The molecule has 0 aliphatic carbocycles. The summed E-state index contributed by atoms with van der Waals surface area (Å²) >= 11 is 0. The fraction of sp³-hybridized carbons (Fsp3) is 0. The van der Waals surface area contributed by atoms with Gasteiger partial charge in [-0.3, -0.25) is 4.70 Å². The van der Waals surface area contributed by atoms with Gasteiger partial charge in [0.25, 0.3) is 0 Å². The molecule has 0 N–H and O–H groups in total. The van der Waals surface area contributed by atoms with Crippen molar-refractivity contribution < 1.29 is 34.4 Å². The molecule has 0 fully saturated rings. The molecule has 0 nitrogen and oxygen atoms in total. The summed E-state index contributed by atoms with van der Waals surface area (Å²) in [6, 6.07) is 0. The van der Waals surface area contributed by atoms with E-state index in [1.807, 2.05) is 0 Å². The van der Waals surface area contributed by atoms with Crippen LogP contribution in [0.4, 0.5) is 17.3 Å². The molecule has 0 atom stereocenters. The summed E-state index contributed by atoms with van der Waals surface area (Å²) in [5.74, 6) is 0. The van der Waals surface area contributed by atoms with Crippen molar-refractivity contribution in [1.29, 1.82) is 0 Å². The van der Waals surface area contributed by atoms with Crippen LogP contribution in [0.5, 0.6) is 0 Å². The van der Waals surface area contributed by atoms with Crippen molar-refractivity contribution in [2.24, 2.45) is 0 Å². The first-order valence-electron chi connectivity index (χ1n) is 0.507. The molecule has 0 spiro atoms. The first-order valence-corrected chi connectivity index (χ1v) is 1.52. The van der Waals surface area contributed by atoms with Gasteiger partial charge in [-0.1, -0.05) is 0 Å². The molecule has 0 aromatic carbocycles. The van der Waals surface area contributed by atoms with Crippen LogP contribution < -0.4 is 0 Å². The van der Waals surface area contributed by atoms with Crippen LogP contribution in [0.1, 0.15) is 0 Å². The average Bonchev–Trinajstić information content (AvgIpc) is 0.811. The number of hydrogen-bond acceptors (Lipinski definition) is 0. The Kier molecular flexibility index (Phi) is 24.4. The van der Waals surface area contributed by atoms with Crippen molar-refractivity contribution in [2.45, 2.75) is 0 Å². The number of hydrogen-bond donors (Lipinski definition) is 0. The van der Waals surface area contributed by atoms with Gasteiger partial charge in [0, 0.05) is 17.1 Å². The first-order chi connectivity index (χ1) is 1.73. The van der Waals surface area contributed by atoms with Crippen LogP contribution in [0.25, 0.3) is 0 Å². The third-order valence-electron chi connectivity index (χ3n) is 0. The predicted molar refractivity (Wildman–Crippen MR) is 12.7 cm³/mol. The standard InChI is InChI=1S/Cu.F3P.FH/c;1-4(2)3;/h;;1H. The molecule has 0 amide bonds. The smallest absolute Gasteiger partial charge is 0.269 e. The van der Waals surface area contributed by atoms with Gasteiger partial charge >= 0.3 is 8.85 Å². The summed E-state index contributed by atoms with van der Waals surface area (Å²) in [5, 5.41) is 0. The zero-order valence-corrected chi connectivity index (χ0v) is 4.13. The largest absolute Gasteiger partial charge is 0.456 e. The van der Waals surface area contributed by atoms with E-state index in [1.165, 1.54) is 0 Å². The van der Waals surface area contributed by atoms with Crippen molar-refractivity contribution in [2.75, 3.05) is 0 Å². The van der Waals surface area contributed by atoms with E-state index < -0.39 is 8.85 Å². The quantitative estimate of drug-likeness (QED) is 0.298. The molecule has 0 aromatic heterocycles. The second-order valence-corrected chi connectivity index (χ2v) is 0.575. The molecule has 0 heterocycles. The van der Waals surface area contributed by atoms with Gasteiger partial charge in [-0.15, -0.1) is 0 Å². The minimum Gasteiger partial charge on any atom is -0.269 e. The fourth-order valence-corrected chi connectivity index (χ4v) is 0. The Labute approximate surface area is 44.1 Å². The zero-order valence-electron chi connectivity index (χ0n) is 2.29. The number of rotatable bonds is 0. The maximum atomic E-state index is 9.73. The molecule has 1 radical (unpaired) electrons. The van der Waals surface area contributed by atoms with E-state index in [0.717, 1.165) is 0 Å². The first kappa shape index (κ1) is 15.9. The van der Waals surface area contributed by atoms with Gasteiger partial charge in [0.05, 0.1) is 0 Å². The van der Waals surface area contributed by atoms with Crippen LogP contribution >= 0.6 is 8.85 Å². The van der Waals surface area contributed by atoms with Crippen LogP contribution in [0.15, 0.2) is 0 Å². The Balaban J connectivity index is -0.0000000450. The predicted octanol–water partition coefficient (Wildman–Crippen LogP) is 2.27. The van der Waals surface area contributed by atoms with Gasteiger partial charge in [0.2, 0.25) is 0 Å². The number of halogens is 4. The topological polar surface area (TPSA) is 0 Å². The Morgan fingerprint density at radius 2 is 1.00 bits per heavy atom. The van der Waals surface area contributed by atoms with Gasteiger partial charge in [-0.2, -0.15) is 12.6 Å². The fourth-order valence-electron chi connectivity index (χ4n) is 0. The molecule has 45 valence electrons. The molecular weight excluding hydrogens is 171 g/mol. The van der Waals surface area contributed by atoms with E-state index >= 15 is 0 Å². The molecule has 0 saturated carbocycles. The van der Waals surface area contributed by atoms with Gasteiger partial charge in [-0.05, 0) is 0 Å². The maximum Gasteiger partial charge on any atom is 0.456 e. The van der Waals surface area contributed by atoms with Crippen LogP contribution in [0.3, 0.4) is 0 Å². The van der Waals surface area contributed by atoms with Gasteiger partial charge in [0.15, 0.2) is 0 Å². The third kappa shape index (κ3) is 140. The maximum absolute atomic E-state index is 9.73. The van der Waals surface area contributed by atoms with Crippen molar-refractivity contribution in [3.63, 3.8) is 0 Å². The summed E-state index contributed by atoms with van der Waals surface area (Å²) in [6.07, 6.45) is 0. The molecule has 6 heteroatoms. The van der Waals surface area contributed by atoms with E-state index in [4.69, 9.17) is 0 Å². The molecule has 0 saturated heterocycles. The summed E-state index contributed by atoms with van der Waals surface area (Å²) in [5.41, 5.74) is 0. The Bertz CT molecular complexity index is 12.3. The van der Waals surface area contributed by atoms with Crippen LogP contribution in [-0.2, 0) is 17.1 Å². The van der Waals surface area contributed by atoms with Crippen LogP contribution in [-0.4, -0.2) is 0 Å². The van der Waals surface area contributed by atoms with E-state index in [2.05, 4.69) is 0 Å². The second kappa shape index (κ2) is 9.18. The molecule has 0 bridgehead atoms. The van der Waals surface area contributed by atoms with Gasteiger partial charge in [0.1, 0.15) is 0 Å². The van der Waals surface area contributed by atoms with Crippen molar-refractivity contribution in [1.82, 2.24) is 0 Å². The van der Waals surface area contributed by atoms with E-state index in [1.54, 1.807) is 0 Å². The summed E-state index contributed by atoms with van der Waals surface area (Å²) in [4.78, 5) is 0. The van der Waals surface area contributed by atoms with Crippen LogP contribution in [0.2, 0.25) is 0 Å². The molecule has 6 heavy (non-hydrogen) atoms. The van der Waals surface area contributed by atoms with Gasteiger partial charge < -0.3 is 0 Å². The average molecular weight is 172 g/mol. The summed E-state index contributed by atoms with van der Waals surface area (Å²) in [7, 11) is -4.12. The molecule has 0 aliphatic rings. The third-order valence-corrected chi connectivity index (χ3v) is 0. The SMILES string of the molecule is F.FP(F)F.[Cu]. The van der Waals surface area contributed by atoms with Gasteiger partial charge in [-0.25, -0.2) is 0 Å². The molecular formula is HCuF4P.